The largest absolute Gasteiger partial charge is 0.456 e. The van der Waals surface area contributed by atoms with Crippen molar-refractivity contribution in [3.8, 4) is 0 Å². The first-order valence-corrected chi connectivity index (χ1v) is 10.0. The summed E-state index contributed by atoms with van der Waals surface area (Å²) in [5.41, 5.74) is 8.96. The summed E-state index contributed by atoms with van der Waals surface area (Å²) in [6, 6.07) is 7.56. The molecule has 1 aliphatic heterocycles. The molecule has 0 N–H and O–H groups in total. The number of ether oxygens (including phenoxy) is 4. The van der Waals surface area contributed by atoms with Gasteiger partial charge in [0.25, 0.3) is 0 Å². The van der Waals surface area contributed by atoms with E-state index in [2.05, 4.69) is 10.0 Å². The molecule has 1 aromatic rings. The molecule has 0 amide bonds. The fraction of sp³-hybridized carbons (Fsp3) is 0.526. The first-order valence-electron chi connectivity index (χ1n) is 9.12. The lowest BCUT2D eigenvalue weighted by Gasteiger charge is -2.44. The smallest absolute Gasteiger partial charge is 0.303 e. The monoisotopic (exact) mass is 437 g/mol. The molecule has 162 valence electrons. The lowest BCUT2D eigenvalue weighted by atomic mass is 9.99. The van der Waals surface area contributed by atoms with Gasteiger partial charge in [-0.25, -0.2) is 0 Å². The molecule has 1 aliphatic rings. The molecule has 0 radical (unpaired) electrons. The highest BCUT2D eigenvalue weighted by molar-refractivity contribution is 7.99. The minimum atomic E-state index is -1.15. The van der Waals surface area contributed by atoms with Gasteiger partial charge in [-0.05, 0) is 24.6 Å². The molecule has 0 aromatic heterocycles. The van der Waals surface area contributed by atoms with E-state index in [1.807, 2.05) is 31.2 Å². The van der Waals surface area contributed by atoms with Crippen molar-refractivity contribution >= 4 is 29.7 Å². The van der Waals surface area contributed by atoms with E-state index in [-0.39, 0.29) is 6.54 Å². The number of azide groups is 1. The van der Waals surface area contributed by atoms with Gasteiger partial charge in [-0.3, -0.25) is 14.4 Å². The lowest BCUT2D eigenvalue weighted by molar-refractivity contribution is -0.230. The van der Waals surface area contributed by atoms with E-state index in [4.69, 9.17) is 24.5 Å². The number of carbonyl (C=O) groups is 3. The average Bonchev–Trinajstić information content (AvgIpc) is 2.65. The van der Waals surface area contributed by atoms with Crippen molar-refractivity contribution < 1.29 is 33.3 Å². The van der Waals surface area contributed by atoms with Crippen LogP contribution in [-0.2, 0) is 33.3 Å². The van der Waals surface area contributed by atoms with Crippen LogP contribution in [0, 0.1) is 6.92 Å². The zero-order valence-electron chi connectivity index (χ0n) is 17.0. The molecule has 0 spiro atoms. The van der Waals surface area contributed by atoms with Gasteiger partial charge in [0.15, 0.2) is 18.3 Å². The SMILES string of the molecule is CC(=O)O[C@@H]1[C@H](OC(C)=O)[C@@H](Sc2ccc(C)cc2)O[C@H](CN=[N+]=[N-])[C@H]1OC(C)=O. The summed E-state index contributed by atoms with van der Waals surface area (Å²) < 4.78 is 22.1. The molecule has 0 aliphatic carbocycles. The van der Waals surface area contributed by atoms with Gasteiger partial charge < -0.3 is 18.9 Å². The number of thioether (sulfide) groups is 1. The molecular weight excluding hydrogens is 414 g/mol. The Bertz CT molecular complexity index is 826. The van der Waals surface area contributed by atoms with E-state index in [1.54, 1.807) is 0 Å². The van der Waals surface area contributed by atoms with Crippen LogP contribution in [0.5, 0.6) is 0 Å². The zero-order valence-corrected chi connectivity index (χ0v) is 17.8. The minimum absolute atomic E-state index is 0.177. The molecule has 1 aromatic carbocycles. The maximum atomic E-state index is 11.8. The number of carbonyl (C=O) groups excluding carboxylic acids is 3. The normalized spacial score (nSPS) is 25.5. The van der Waals surface area contributed by atoms with Gasteiger partial charge >= 0.3 is 17.9 Å². The average molecular weight is 437 g/mol. The van der Waals surface area contributed by atoms with Crippen molar-refractivity contribution in [2.24, 2.45) is 5.11 Å². The van der Waals surface area contributed by atoms with Crippen molar-refractivity contribution in [3.05, 3.63) is 40.3 Å². The van der Waals surface area contributed by atoms with Crippen LogP contribution in [0.25, 0.3) is 10.4 Å². The summed E-state index contributed by atoms with van der Waals surface area (Å²) >= 11 is 1.25. The van der Waals surface area contributed by atoms with E-state index < -0.39 is 47.8 Å². The molecule has 11 heteroatoms. The summed E-state index contributed by atoms with van der Waals surface area (Å²) in [5, 5.41) is 3.51. The number of aryl methyl sites for hydroxylation is 1. The predicted octanol–water partition coefficient (Wildman–Crippen LogP) is 2.92. The summed E-state index contributed by atoms with van der Waals surface area (Å²) in [6.07, 6.45) is -4.25. The number of hydrogen-bond donors (Lipinski definition) is 0. The van der Waals surface area contributed by atoms with E-state index in [1.165, 1.54) is 32.5 Å². The van der Waals surface area contributed by atoms with E-state index in [0.29, 0.717) is 0 Å². The second-order valence-electron chi connectivity index (χ2n) is 6.61. The van der Waals surface area contributed by atoms with Crippen LogP contribution in [0.1, 0.15) is 26.3 Å². The zero-order chi connectivity index (χ0) is 22.3. The fourth-order valence-corrected chi connectivity index (χ4v) is 4.07. The molecule has 1 saturated heterocycles. The van der Waals surface area contributed by atoms with E-state index in [9.17, 15) is 14.4 Å². The summed E-state index contributed by atoms with van der Waals surface area (Å²) in [5.74, 6) is -1.93. The number of benzene rings is 1. The third-order valence-electron chi connectivity index (χ3n) is 4.10. The standard InChI is InChI=1S/C19H23N3O7S/c1-10-5-7-14(8-6-10)30-19-18(28-13(4)25)17(27-12(3)24)16(26-11(2)23)15(29-19)9-21-22-20/h5-8,15-19H,9H2,1-4H3/t15-,16-,17+,18+,19-/m1/s1. The fourth-order valence-electron chi connectivity index (χ4n) is 2.96. The Morgan fingerprint density at radius 2 is 1.53 bits per heavy atom. The third-order valence-corrected chi connectivity index (χ3v) is 5.25. The van der Waals surface area contributed by atoms with Gasteiger partial charge in [0, 0.05) is 30.6 Å². The lowest BCUT2D eigenvalue weighted by Crippen LogP contribution is -2.61. The Morgan fingerprint density at radius 1 is 1.00 bits per heavy atom. The molecule has 0 saturated carbocycles. The van der Waals surface area contributed by atoms with Crippen LogP contribution in [0.4, 0.5) is 0 Å². The van der Waals surface area contributed by atoms with Crippen LogP contribution in [0.15, 0.2) is 34.3 Å². The van der Waals surface area contributed by atoms with E-state index >= 15 is 0 Å². The predicted molar refractivity (Wildman–Crippen MR) is 106 cm³/mol. The maximum Gasteiger partial charge on any atom is 0.303 e. The molecule has 0 unspecified atom stereocenters. The van der Waals surface area contributed by atoms with Crippen LogP contribution >= 0.6 is 11.8 Å². The highest BCUT2D eigenvalue weighted by atomic mass is 32.2. The minimum Gasteiger partial charge on any atom is -0.456 e. The molecule has 1 fully saturated rings. The topological polar surface area (TPSA) is 137 Å². The quantitative estimate of drug-likeness (QED) is 0.209. The van der Waals surface area contributed by atoms with Crippen molar-refractivity contribution in [3.63, 3.8) is 0 Å². The molecular formula is C19H23N3O7S. The van der Waals surface area contributed by atoms with Gasteiger partial charge in [-0.1, -0.05) is 34.6 Å². The van der Waals surface area contributed by atoms with Crippen LogP contribution < -0.4 is 0 Å². The van der Waals surface area contributed by atoms with Crippen molar-refractivity contribution in [1.29, 1.82) is 0 Å². The summed E-state index contributed by atoms with van der Waals surface area (Å²) in [4.78, 5) is 38.7. The molecule has 2 rings (SSSR count). The first-order chi connectivity index (χ1) is 14.2. The highest BCUT2D eigenvalue weighted by Gasteiger charge is 2.51. The summed E-state index contributed by atoms with van der Waals surface area (Å²) in [6.45, 7) is 5.36. The third kappa shape index (κ3) is 6.65. The Kier molecular flexibility index (Phi) is 8.52. The first kappa shape index (κ1) is 23.5. The summed E-state index contributed by atoms with van der Waals surface area (Å²) in [7, 11) is 0. The van der Waals surface area contributed by atoms with Crippen LogP contribution in [0.3, 0.4) is 0 Å². The Balaban J connectivity index is 2.44. The number of rotatable bonds is 7. The van der Waals surface area contributed by atoms with Crippen molar-refractivity contribution in [2.45, 2.75) is 62.4 Å². The second-order valence-corrected chi connectivity index (χ2v) is 7.78. The van der Waals surface area contributed by atoms with Gasteiger partial charge in [-0.15, -0.1) is 0 Å². The second kappa shape index (κ2) is 10.9. The molecule has 5 atom stereocenters. The van der Waals surface area contributed by atoms with Gasteiger partial charge in [0.1, 0.15) is 11.5 Å². The molecule has 0 bridgehead atoms. The number of hydrogen-bond acceptors (Lipinski definition) is 9. The number of esters is 3. The van der Waals surface area contributed by atoms with E-state index in [0.717, 1.165) is 10.5 Å². The van der Waals surface area contributed by atoms with Crippen LogP contribution in [-0.4, -0.2) is 54.3 Å². The van der Waals surface area contributed by atoms with Crippen molar-refractivity contribution in [2.75, 3.05) is 6.54 Å². The Labute approximate surface area is 177 Å². The maximum absolute atomic E-state index is 11.8. The molecule has 30 heavy (non-hydrogen) atoms. The van der Waals surface area contributed by atoms with Gasteiger partial charge in [-0.2, -0.15) is 0 Å². The molecule has 1 heterocycles. The van der Waals surface area contributed by atoms with Crippen molar-refractivity contribution in [1.82, 2.24) is 0 Å². The van der Waals surface area contributed by atoms with Gasteiger partial charge in [0.05, 0.1) is 6.54 Å². The Hall–Kier alpha value is -2.75. The Morgan fingerprint density at radius 3 is 2.07 bits per heavy atom. The number of nitrogens with zero attached hydrogens (tertiary/aromatic N) is 3. The molecule has 10 nitrogen and oxygen atoms in total. The highest BCUT2D eigenvalue weighted by Crippen LogP contribution is 2.37. The van der Waals surface area contributed by atoms with Crippen LogP contribution in [0.2, 0.25) is 0 Å². The van der Waals surface area contributed by atoms with Gasteiger partial charge in [0.2, 0.25) is 0 Å².